The minimum Gasteiger partial charge on any atom is -0.393 e. The van der Waals surface area contributed by atoms with Crippen LogP contribution in [0.5, 0.6) is 0 Å². The Hall–Kier alpha value is -1.44. The van der Waals surface area contributed by atoms with Gasteiger partial charge in [-0.25, -0.2) is 15.8 Å². The van der Waals surface area contributed by atoms with Crippen molar-refractivity contribution >= 4 is 11.6 Å². The molecule has 0 aliphatic carbocycles. The van der Waals surface area contributed by atoms with Gasteiger partial charge in [0.05, 0.1) is 6.61 Å². The molecule has 1 rings (SSSR count). The number of aromatic nitrogens is 2. The van der Waals surface area contributed by atoms with Crippen LogP contribution in [0.2, 0.25) is 0 Å². The van der Waals surface area contributed by atoms with Crippen molar-refractivity contribution in [3.8, 4) is 0 Å². The Morgan fingerprint density at radius 3 is 2.61 bits per heavy atom. The number of nitrogens with one attached hydrogen (secondary N) is 2. The molecule has 0 radical (unpaired) electrons. The number of nitrogen functional groups attached to an aromatic ring is 1. The normalized spacial score (nSPS) is 14.1. The van der Waals surface area contributed by atoms with Crippen molar-refractivity contribution in [3.05, 3.63) is 11.9 Å². The van der Waals surface area contributed by atoms with Crippen LogP contribution in [-0.2, 0) is 6.42 Å². The Labute approximate surface area is 106 Å². The van der Waals surface area contributed by atoms with E-state index < -0.39 is 5.60 Å². The van der Waals surface area contributed by atoms with Gasteiger partial charge in [-0.05, 0) is 13.3 Å². The third kappa shape index (κ3) is 3.80. The number of nitrogens with zero attached hydrogens (tertiary/aromatic N) is 2. The van der Waals surface area contributed by atoms with Gasteiger partial charge in [-0.15, -0.1) is 0 Å². The second-order valence-corrected chi connectivity index (χ2v) is 4.45. The van der Waals surface area contributed by atoms with Crippen LogP contribution in [0.1, 0.15) is 25.8 Å². The maximum absolute atomic E-state index is 9.74. The maximum Gasteiger partial charge on any atom is 0.148 e. The quantitative estimate of drug-likeness (QED) is 0.340. The zero-order valence-electron chi connectivity index (χ0n) is 10.8. The first-order valence-corrected chi connectivity index (χ1v) is 5.91. The third-order valence-corrected chi connectivity index (χ3v) is 2.56. The molecule has 0 saturated heterocycles. The van der Waals surface area contributed by atoms with Gasteiger partial charge in [-0.1, -0.05) is 13.3 Å². The molecule has 0 aliphatic rings. The number of anilines is 2. The summed E-state index contributed by atoms with van der Waals surface area (Å²) in [5.41, 5.74) is 2.21. The molecule has 102 valence electrons. The molecule has 1 heterocycles. The highest BCUT2D eigenvalue weighted by atomic mass is 16.3. The van der Waals surface area contributed by atoms with Gasteiger partial charge < -0.3 is 21.0 Å². The molecule has 0 amide bonds. The number of hydrogen-bond donors (Lipinski definition) is 5. The molecule has 7 nitrogen and oxygen atoms in total. The first kappa shape index (κ1) is 14.6. The molecule has 6 N–H and O–H groups in total. The number of rotatable bonds is 7. The van der Waals surface area contributed by atoms with Gasteiger partial charge in [0, 0.05) is 12.1 Å². The van der Waals surface area contributed by atoms with Gasteiger partial charge in [-0.2, -0.15) is 0 Å². The van der Waals surface area contributed by atoms with Gasteiger partial charge in [0.2, 0.25) is 0 Å². The molecule has 0 saturated carbocycles. The lowest BCUT2D eigenvalue weighted by Gasteiger charge is -2.22. The molecule has 0 spiro atoms. The summed E-state index contributed by atoms with van der Waals surface area (Å²) in [5.74, 6) is 6.59. The molecule has 18 heavy (non-hydrogen) atoms. The van der Waals surface area contributed by atoms with Crippen molar-refractivity contribution in [2.24, 2.45) is 5.84 Å². The Morgan fingerprint density at radius 2 is 2.06 bits per heavy atom. The van der Waals surface area contributed by atoms with Crippen molar-refractivity contribution in [1.29, 1.82) is 0 Å². The SMILES string of the molecule is CCCc1c(NN)ncnc1NCC(C)(O)CO. The summed E-state index contributed by atoms with van der Waals surface area (Å²) in [4.78, 5) is 8.17. The molecular formula is C11H21N5O2. The number of aliphatic hydroxyl groups excluding tert-OH is 1. The lowest BCUT2D eigenvalue weighted by molar-refractivity contribution is 0.0131. The number of nitrogens with two attached hydrogens (primary N) is 1. The summed E-state index contributed by atoms with van der Waals surface area (Å²) >= 11 is 0. The van der Waals surface area contributed by atoms with E-state index in [4.69, 9.17) is 10.9 Å². The molecule has 0 fully saturated rings. The van der Waals surface area contributed by atoms with Gasteiger partial charge in [-0.3, -0.25) is 0 Å². The fourth-order valence-corrected chi connectivity index (χ4v) is 1.51. The first-order chi connectivity index (χ1) is 8.54. The average Bonchev–Trinajstić information content (AvgIpc) is 2.38. The Bertz CT molecular complexity index is 384. The van der Waals surface area contributed by atoms with Gasteiger partial charge in [0.25, 0.3) is 0 Å². The van der Waals surface area contributed by atoms with Crippen molar-refractivity contribution in [1.82, 2.24) is 9.97 Å². The van der Waals surface area contributed by atoms with E-state index >= 15 is 0 Å². The van der Waals surface area contributed by atoms with E-state index in [1.54, 1.807) is 6.92 Å². The Balaban J connectivity index is 2.87. The molecule has 0 aliphatic heterocycles. The van der Waals surface area contributed by atoms with Gasteiger partial charge >= 0.3 is 0 Å². The van der Waals surface area contributed by atoms with E-state index in [1.807, 2.05) is 6.92 Å². The van der Waals surface area contributed by atoms with Crippen LogP contribution in [-0.4, -0.2) is 38.9 Å². The highest BCUT2D eigenvalue weighted by Gasteiger charge is 2.20. The summed E-state index contributed by atoms with van der Waals surface area (Å²) in [6, 6.07) is 0. The molecule has 7 heteroatoms. The lowest BCUT2D eigenvalue weighted by Crippen LogP contribution is -2.37. The minimum atomic E-state index is -1.19. The zero-order chi connectivity index (χ0) is 13.6. The molecule has 1 unspecified atom stereocenters. The third-order valence-electron chi connectivity index (χ3n) is 2.56. The van der Waals surface area contributed by atoms with E-state index in [-0.39, 0.29) is 13.2 Å². The molecule has 0 bridgehead atoms. The number of aliphatic hydroxyl groups is 2. The summed E-state index contributed by atoms with van der Waals surface area (Å²) in [5, 5.41) is 21.7. The van der Waals surface area contributed by atoms with Crippen LogP contribution in [0, 0.1) is 0 Å². The summed E-state index contributed by atoms with van der Waals surface area (Å²) < 4.78 is 0. The van der Waals surface area contributed by atoms with E-state index in [0.717, 1.165) is 18.4 Å². The lowest BCUT2D eigenvalue weighted by atomic mass is 10.1. The van der Waals surface area contributed by atoms with Crippen LogP contribution < -0.4 is 16.6 Å². The smallest absolute Gasteiger partial charge is 0.148 e. The van der Waals surface area contributed by atoms with Crippen LogP contribution in [0.4, 0.5) is 11.6 Å². The van der Waals surface area contributed by atoms with Crippen LogP contribution in [0.3, 0.4) is 0 Å². The maximum atomic E-state index is 9.74. The van der Waals surface area contributed by atoms with E-state index in [0.29, 0.717) is 11.6 Å². The van der Waals surface area contributed by atoms with Gasteiger partial charge in [0.15, 0.2) is 0 Å². The largest absolute Gasteiger partial charge is 0.393 e. The predicted molar refractivity (Wildman–Crippen MR) is 70.0 cm³/mol. The van der Waals surface area contributed by atoms with Crippen LogP contribution >= 0.6 is 0 Å². The van der Waals surface area contributed by atoms with E-state index in [2.05, 4.69) is 20.7 Å². The van der Waals surface area contributed by atoms with Crippen molar-refractivity contribution in [3.63, 3.8) is 0 Å². The van der Waals surface area contributed by atoms with Crippen molar-refractivity contribution in [2.45, 2.75) is 32.3 Å². The monoisotopic (exact) mass is 255 g/mol. The van der Waals surface area contributed by atoms with Crippen LogP contribution in [0.15, 0.2) is 6.33 Å². The molecule has 1 atom stereocenters. The number of hydrogen-bond acceptors (Lipinski definition) is 7. The van der Waals surface area contributed by atoms with E-state index in [9.17, 15) is 5.11 Å². The highest BCUT2D eigenvalue weighted by Crippen LogP contribution is 2.21. The van der Waals surface area contributed by atoms with Gasteiger partial charge in [0.1, 0.15) is 23.6 Å². The fraction of sp³-hybridized carbons (Fsp3) is 0.636. The Morgan fingerprint density at radius 1 is 1.39 bits per heavy atom. The second-order valence-electron chi connectivity index (χ2n) is 4.45. The zero-order valence-corrected chi connectivity index (χ0v) is 10.8. The molecule has 1 aromatic rings. The molecular weight excluding hydrogens is 234 g/mol. The summed E-state index contributed by atoms with van der Waals surface area (Å²) in [6.45, 7) is 3.46. The number of hydrazine groups is 1. The van der Waals surface area contributed by atoms with E-state index in [1.165, 1.54) is 6.33 Å². The first-order valence-electron chi connectivity index (χ1n) is 5.91. The minimum absolute atomic E-state index is 0.196. The second kappa shape index (κ2) is 6.48. The molecule has 0 aromatic carbocycles. The Kier molecular flexibility index (Phi) is 5.26. The fourth-order valence-electron chi connectivity index (χ4n) is 1.51. The molecule has 1 aromatic heterocycles. The topological polar surface area (TPSA) is 116 Å². The highest BCUT2D eigenvalue weighted by molar-refractivity contribution is 5.57. The standard InChI is InChI=1S/C11H21N5O2/c1-3-4-8-9(13-5-11(2,18)6-17)14-7-15-10(8)16-12/h7,17-18H,3-6,12H2,1-2H3,(H2,13,14,15,16). The van der Waals surface area contributed by atoms with Crippen LogP contribution in [0.25, 0.3) is 0 Å². The van der Waals surface area contributed by atoms with Crippen molar-refractivity contribution < 1.29 is 10.2 Å². The average molecular weight is 255 g/mol. The summed E-state index contributed by atoms with van der Waals surface area (Å²) in [6.07, 6.45) is 3.08. The predicted octanol–water partition coefficient (Wildman–Crippen LogP) is -0.130. The van der Waals surface area contributed by atoms with Crippen molar-refractivity contribution in [2.75, 3.05) is 23.9 Å². The summed E-state index contributed by atoms with van der Waals surface area (Å²) in [7, 11) is 0.